The summed E-state index contributed by atoms with van der Waals surface area (Å²) in [7, 11) is 0. The van der Waals surface area contributed by atoms with Crippen LogP contribution in [0.15, 0.2) is 42.6 Å². The lowest BCUT2D eigenvalue weighted by Crippen LogP contribution is -2.26. The van der Waals surface area contributed by atoms with E-state index in [9.17, 15) is 4.79 Å². The first-order chi connectivity index (χ1) is 9.60. The Balaban J connectivity index is 2.08. The predicted octanol–water partition coefficient (Wildman–Crippen LogP) is 2.68. The number of amides is 1. The Morgan fingerprint density at radius 1 is 1.35 bits per heavy atom. The van der Waals surface area contributed by atoms with Crippen LogP contribution in [0.1, 0.15) is 34.6 Å². The molecule has 0 aliphatic carbocycles. The highest BCUT2D eigenvalue weighted by atomic mass is 35.5. The van der Waals surface area contributed by atoms with Crippen LogP contribution in [0.2, 0.25) is 5.02 Å². The highest BCUT2D eigenvalue weighted by Gasteiger charge is 2.11. The zero-order valence-electron chi connectivity index (χ0n) is 11.1. The molecule has 1 heterocycles. The number of hydrogen-bond donors (Lipinski definition) is 2. The fourth-order valence-electron chi connectivity index (χ4n) is 1.85. The van der Waals surface area contributed by atoms with Gasteiger partial charge in [-0.1, -0.05) is 23.7 Å². The fourth-order valence-corrected chi connectivity index (χ4v) is 1.97. The first-order valence-electron chi connectivity index (χ1n) is 6.31. The minimum atomic E-state index is -0.149. The molecule has 0 bridgehead atoms. The normalized spacial score (nSPS) is 11.9. The molecule has 1 aromatic heterocycles. The number of aromatic nitrogens is 1. The average molecular weight is 290 g/mol. The van der Waals surface area contributed by atoms with E-state index in [1.807, 2.05) is 19.1 Å². The Kier molecular flexibility index (Phi) is 4.71. The van der Waals surface area contributed by atoms with Gasteiger partial charge < -0.3 is 11.1 Å². The number of nitrogens with two attached hydrogens (primary N) is 1. The van der Waals surface area contributed by atoms with Gasteiger partial charge in [0.25, 0.3) is 5.91 Å². The van der Waals surface area contributed by atoms with Crippen molar-refractivity contribution >= 4 is 17.5 Å². The van der Waals surface area contributed by atoms with Gasteiger partial charge in [0.15, 0.2) is 0 Å². The molecule has 0 aliphatic rings. The van der Waals surface area contributed by atoms with Crippen LogP contribution in [0.5, 0.6) is 0 Å². The lowest BCUT2D eigenvalue weighted by Gasteiger charge is -2.14. The molecule has 0 unspecified atom stereocenters. The van der Waals surface area contributed by atoms with Crippen LogP contribution in [-0.4, -0.2) is 10.9 Å². The summed E-state index contributed by atoms with van der Waals surface area (Å²) >= 11 is 5.85. The van der Waals surface area contributed by atoms with Crippen molar-refractivity contribution in [3.63, 3.8) is 0 Å². The smallest absolute Gasteiger partial charge is 0.251 e. The van der Waals surface area contributed by atoms with Gasteiger partial charge in [0.2, 0.25) is 0 Å². The number of halogens is 1. The lowest BCUT2D eigenvalue weighted by atomic mass is 10.1. The maximum atomic E-state index is 12.2. The van der Waals surface area contributed by atoms with Crippen LogP contribution in [-0.2, 0) is 6.54 Å². The van der Waals surface area contributed by atoms with E-state index in [0.29, 0.717) is 22.8 Å². The lowest BCUT2D eigenvalue weighted by molar-refractivity contribution is 0.0939. The van der Waals surface area contributed by atoms with Crippen molar-refractivity contribution in [1.29, 1.82) is 0 Å². The molecule has 5 heteroatoms. The Labute approximate surface area is 123 Å². The van der Waals surface area contributed by atoms with Crippen LogP contribution in [0, 0.1) is 0 Å². The molecule has 20 heavy (non-hydrogen) atoms. The van der Waals surface area contributed by atoms with Gasteiger partial charge in [-0.2, -0.15) is 0 Å². The van der Waals surface area contributed by atoms with E-state index >= 15 is 0 Å². The predicted molar refractivity (Wildman–Crippen MR) is 79.5 cm³/mol. The van der Waals surface area contributed by atoms with Crippen molar-refractivity contribution in [3.8, 4) is 0 Å². The summed E-state index contributed by atoms with van der Waals surface area (Å²) in [5.41, 5.74) is 7.76. The quantitative estimate of drug-likeness (QED) is 0.909. The summed E-state index contributed by atoms with van der Waals surface area (Å²) in [5, 5.41) is 3.61. The van der Waals surface area contributed by atoms with E-state index in [0.717, 1.165) is 5.56 Å². The van der Waals surface area contributed by atoms with E-state index in [4.69, 9.17) is 17.3 Å². The minimum Gasteiger partial charge on any atom is -0.346 e. The second-order valence-corrected chi connectivity index (χ2v) is 4.92. The number of carbonyl (C=O) groups excluding carboxylic acids is 1. The van der Waals surface area contributed by atoms with Crippen molar-refractivity contribution in [1.82, 2.24) is 10.3 Å². The number of nitrogens with zero attached hydrogens (tertiary/aromatic N) is 1. The van der Waals surface area contributed by atoms with Gasteiger partial charge in [-0.25, -0.2) is 0 Å². The third-order valence-corrected chi connectivity index (χ3v) is 3.26. The van der Waals surface area contributed by atoms with Crippen LogP contribution < -0.4 is 11.1 Å². The Bertz CT molecular complexity index is 598. The van der Waals surface area contributed by atoms with Crippen molar-refractivity contribution in [2.75, 3.05) is 0 Å². The standard InChI is InChI=1S/C15H16ClN3O/c1-10(11-2-4-13(16)5-3-11)19-15(20)12-6-7-18-14(8-12)9-17/h2-8,10H,9,17H2,1H3,(H,19,20)/t10-/m1/s1. The molecule has 0 saturated carbocycles. The molecule has 0 fully saturated rings. The number of nitrogens with one attached hydrogen (secondary N) is 1. The zero-order valence-corrected chi connectivity index (χ0v) is 11.9. The van der Waals surface area contributed by atoms with Gasteiger partial charge in [0.1, 0.15) is 0 Å². The fraction of sp³-hybridized carbons (Fsp3) is 0.200. The van der Waals surface area contributed by atoms with Crippen molar-refractivity contribution in [2.45, 2.75) is 19.5 Å². The van der Waals surface area contributed by atoms with Gasteiger partial charge >= 0.3 is 0 Å². The molecule has 0 radical (unpaired) electrons. The topological polar surface area (TPSA) is 68.0 Å². The largest absolute Gasteiger partial charge is 0.346 e. The van der Waals surface area contributed by atoms with Crippen molar-refractivity contribution < 1.29 is 4.79 Å². The molecule has 0 saturated heterocycles. The van der Waals surface area contributed by atoms with E-state index < -0.39 is 0 Å². The summed E-state index contributed by atoms with van der Waals surface area (Å²) < 4.78 is 0. The minimum absolute atomic E-state index is 0.103. The molecular formula is C15H16ClN3O. The van der Waals surface area contributed by atoms with Gasteiger partial charge in [-0.3, -0.25) is 9.78 Å². The number of hydrogen-bond acceptors (Lipinski definition) is 3. The maximum absolute atomic E-state index is 12.2. The molecule has 104 valence electrons. The number of pyridine rings is 1. The van der Waals surface area contributed by atoms with E-state index in [-0.39, 0.29) is 11.9 Å². The van der Waals surface area contributed by atoms with Crippen molar-refractivity contribution in [3.05, 3.63) is 64.4 Å². The third kappa shape index (κ3) is 3.56. The molecule has 0 spiro atoms. The summed E-state index contributed by atoms with van der Waals surface area (Å²) in [6.45, 7) is 2.24. The van der Waals surface area contributed by atoms with Crippen LogP contribution in [0.4, 0.5) is 0 Å². The molecular weight excluding hydrogens is 274 g/mol. The summed E-state index contributed by atoms with van der Waals surface area (Å²) in [4.78, 5) is 16.2. The van der Waals surface area contributed by atoms with Gasteiger partial charge in [-0.15, -0.1) is 0 Å². The molecule has 1 amide bonds. The van der Waals surface area contributed by atoms with Gasteiger partial charge in [-0.05, 0) is 36.8 Å². The highest BCUT2D eigenvalue weighted by molar-refractivity contribution is 6.30. The van der Waals surface area contributed by atoms with Crippen LogP contribution in [0.3, 0.4) is 0 Å². The molecule has 2 rings (SSSR count). The Hall–Kier alpha value is -1.91. The highest BCUT2D eigenvalue weighted by Crippen LogP contribution is 2.16. The first-order valence-corrected chi connectivity index (χ1v) is 6.69. The second kappa shape index (κ2) is 6.50. The van der Waals surface area contributed by atoms with E-state index in [1.54, 1.807) is 30.5 Å². The number of carbonyl (C=O) groups is 1. The SMILES string of the molecule is C[C@@H](NC(=O)c1ccnc(CN)c1)c1ccc(Cl)cc1. The van der Waals surface area contributed by atoms with Crippen LogP contribution in [0.25, 0.3) is 0 Å². The van der Waals surface area contributed by atoms with Crippen LogP contribution >= 0.6 is 11.6 Å². The molecule has 1 atom stereocenters. The van der Waals surface area contributed by atoms with E-state index in [2.05, 4.69) is 10.3 Å². The van der Waals surface area contributed by atoms with Gasteiger partial charge in [0, 0.05) is 23.3 Å². The number of benzene rings is 1. The molecule has 1 aromatic carbocycles. The zero-order chi connectivity index (χ0) is 14.5. The summed E-state index contributed by atoms with van der Waals surface area (Å²) in [6.07, 6.45) is 1.59. The Morgan fingerprint density at radius 3 is 2.70 bits per heavy atom. The van der Waals surface area contributed by atoms with E-state index in [1.165, 1.54) is 0 Å². The maximum Gasteiger partial charge on any atom is 0.251 e. The monoisotopic (exact) mass is 289 g/mol. The van der Waals surface area contributed by atoms with Gasteiger partial charge in [0.05, 0.1) is 11.7 Å². The average Bonchev–Trinajstić information content (AvgIpc) is 2.47. The Morgan fingerprint density at radius 2 is 2.05 bits per heavy atom. The molecule has 0 aliphatic heterocycles. The second-order valence-electron chi connectivity index (χ2n) is 4.49. The summed E-state index contributed by atoms with van der Waals surface area (Å²) in [6, 6.07) is 10.7. The summed E-state index contributed by atoms with van der Waals surface area (Å²) in [5.74, 6) is -0.149. The number of rotatable bonds is 4. The third-order valence-electron chi connectivity index (χ3n) is 3.01. The van der Waals surface area contributed by atoms with Crippen molar-refractivity contribution in [2.24, 2.45) is 5.73 Å². The molecule has 3 N–H and O–H groups in total. The first kappa shape index (κ1) is 14.5. The molecule has 4 nitrogen and oxygen atoms in total. The molecule has 2 aromatic rings.